The quantitative estimate of drug-likeness (QED) is 0.772. The molecule has 0 aliphatic carbocycles. The lowest BCUT2D eigenvalue weighted by molar-refractivity contribution is 0.456. The third-order valence-corrected chi connectivity index (χ3v) is 2.81. The first-order valence-corrected chi connectivity index (χ1v) is 5.81. The highest BCUT2D eigenvalue weighted by Gasteiger charge is 2.06. The first-order chi connectivity index (χ1) is 7.79. The molecule has 0 fully saturated rings. The van der Waals surface area contributed by atoms with Crippen LogP contribution in [0.4, 0.5) is 0 Å². The standard InChI is InChI=1S/C12H18N4/c1-3-15-10-7-12(14-15)6-5-11(2)16-9-4-8-13-16/h4,7-11H,3,5-6H2,1-2H3. The first-order valence-electron chi connectivity index (χ1n) is 5.81. The zero-order valence-corrected chi connectivity index (χ0v) is 9.87. The minimum absolute atomic E-state index is 0.432. The van der Waals surface area contributed by atoms with E-state index in [1.807, 2.05) is 34.0 Å². The summed E-state index contributed by atoms with van der Waals surface area (Å²) in [5, 5.41) is 8.71. The van der Waals surface area contributed by atoms with E-state index in [0.717, 1.165) is 19.4 Å². The molecular formula is C12H18N4. The van der Waals surface area contributed by atoms with Gasteiger partial charge < -0.3 is 0 Å². The van der Waals surface area contributed by atoms with Gasteiger partial charge in [0.1, 0.15) is 0 Å². The molecule has 2 heterocycles. The van der Waals surface area contributed by atoms with E-state index in [1.165, 1.54) is 5.69 Å². The summed E-state index contributed by atoms with van der Waals surface area (Å²) in [7, 11) is 0. The molecule has 0 aliphatic heterocycles. The van der Waals surface area contributed by atoms with E-state index in [-0.39, 0.29) is 0 Å². The lowest BCUT2D eigenvalue weighted by Gasteiger charge is -2.10. The normalized spacial score (nSPS) is 12.9. The lowest BCUT2D eigenvalue weighted by Crippen LogP contribution is -2.07. The molecule has 0 aromatic carbocycles. The van der Waals surface area contributed by atoms with E-state index < -0.39 is 0 Å². The van der Waals surface area contributed by atoms with Gasteiger partial charge in [-0.2, -0.15) is 10.2 Å². The van der Waals surface area contributed by atoms with Crippen molar-refractivity contribution in [2.45, 2.75) is 39.3 Å². The zero-order valence-electron chi connectivity index (χ0n) is 9.87. The smallest absolute Gasteiger partial charge is 0.0625 e. The van der Waals surface area contributed by atoms with Gasteiger partial charge in [-0.1, -0.05) is 0 Å². The fraction of sp³-hybridized carbons (Fsp3) is 0.500. The Morgan fingerprint density at radius 2 is 2.25 bits per heavy atom. The number of aryl methyl sites for hydroxylation is 2. The molecule has 0 spiro atoms. The van der Waals surface area contributed by atoms with E-state index in [0.29, 0.717) is 6.04 Å². The van der Waals surface area contributed by atoms with E-state index in [4.69, 9.17) is 0 Å². The van der Waals surface area contributed by atoms with Crippen LogP contribution < -0.4 is 0 Å². The molecule has 4 nitrogen and oxygen atoms in total. The monoisotopic (exact) mass is 218 g/mol. The molecule has 0 bridgehead atoms. The van der Waals surface area contributed by atoms with Gasteiger partial charge >= 0.3 is 0 Å². The van der Waals surface area contributed by atoms with Crippen molar-refractivity contribution in [1.82, 2.24) is 19.6 Å². The van der Waals surface area contributed by atoms with Crippen molar-refractivity contribution < 1.29 is 0 Å². The van der Waals surface area contributed by atoms with Crippen LogP contribution in [0.5, 0.6) is 0 Å². The number of aromatic nitrogens is 4. The Labute approximate surface area is 95.9 Å². The molecular weight excluding hydrogens is 200 g/mol. The predicted molar refractivity (Wildman–Crippen MR) is 63.2 cm³/mol. The Morgan fingerprint density at radius 1 is 1.38 bits per heavy atom. The second kappa shape index (κ2) is 4.96. The number of hydrogen-bond donors (Lipinski definition) is 0. The highest BCUT2D eigenvalue weighted by Crippen LogP contribution is 2.12. The molecule has 1 unspecified atom stereocenters. The van der Waals surface area contributed by atoms with E-state index in [9.17, 15) is 0 Å². The van der Waals surface area contributed by atoms with E-state index in [1.54, 1.807) is 0 Å². The van der Waals surface area contributed by atoms with Crippen LogP contribution in [0.2, 0.25) is 0 Å². The van der Waals surface area contributed by atoms with Crippen LogP contribution in [0.25, 0.3) is 0 Å². The largest absolute Gasteiger partial charge is 0.273 e. The summed E-state index contributed by atoms with van der Waals surface area (Å²) in [6.07, 6.45) is 7.95. The molecule has 1 atom stereocenters. The van der Waals surface area contributed by atoms with Gasteiger partial charge in [0.25, 0.3) is 0 Å². The first kappa shape index (κ1) is 10.9. The summed E-state index contributed by atoms with van der Waals surface area (Å²) >= 11 is 0. The molecule has 0 aliphatic rings. The SMILES string of the molecule is CCn1ccc(CCC(C)n2cccn2)n1. The maximum absolute atomic E-state index is 4.47. The molecule has 16 heavy (non-hydrogen) atoms. The summed E-state index contributed by atoms with van der Waals surface area (Å²) < 4.78 is 3.96. The molecule has 2 aromatic rings. The predicted octanol–water partition coefficient (Wildman–Crippen LogP) is 2.29. The van der Waals surface area contributed by atoms with Crippen LogP contribution in [0.1, 0.15) is 32.0 Å². The maximum Gasteiger partial charge on any atom is 0.0625 e. The highest BCUT2D eigenvalue weighted by molar-refractivity contribution is 4.99. The minimum Gasteiger partial charge on any atom is -0.273 e. The Hall–Kier alpha value is -1.58. The van der Waals surface area contributed by atoms with Crippen LogP contribution in [0, 0.1) is 0 Å². The fourth-order valence-corrected chi connectivity index (χ4v) is 1.74. The molecule has 2 rings (SSSR count). The van der Waals surface area contributed by atoms with Gasteiger partial charge in [-0.3, -0.25) is 9.36 Å². The van der Waals surface area contributed by atoms with Gasteiger partial charge in [0.2, 0.25) is 0 Å². The molecule has 4 heteroatoms. The Morgan fingerprint density at radius 3 is 2.88 bits per heavy atom. The summed E-state index contributed by atoms with van der Waals surface area (Å²) in [6.45, 7) is 5.22. The summed E-state index contributed by atoms with van der Waals surface area (Å²) in [4.78, 5) is 0. The molecule has 86 valence electrons. The molecule has 0 amide bonds. The average molecular weight is 218 g/mol. The summed E-state index contributed by atoms with van der Waals surface area (Å²) in [6, 6.07) is 4.49. The number of nitrogens with zero attached hydrogens (tertiary/aromatic N) is 4. The Kier molecular flexibility index (Phi) is 3.39. The third-order valence-electron chi connectivity index (χ3n) is 2.81. The highest BCUT2D eigenvalue weighted by atomic mass is 15.3. The van der Waals surface area contributed by atoms with Crippen molar-refractivity contribution in [3.8, 4) is 0 Å². The van der Waals surface area contributed by atoms with Gasteiger partial charge in [-0.05, 0) is 38.8 Å². The van der Waals surface area contributed by atoms with Crippen LogP contribution >= 0.6 is 0 Å². The molecule has 0 saturated heterocycles. The fourth-order valence-electron chi connectivity index (χ4n) is 1.74. The van der Waals surface area contributed by atoms with Gasteiger partial charge in [0.05, 0.1) is 5.69 Å². The summed E-state index contributed by atoms with van der Waals surface area (Å²) in [5.74, 6) is 0. The van der Waals surface area contributed by atoms with Crippen molar-refractivity contribution in [2.24, 2.45) is 0 Å². The van der Waals surface area contributed by atoms with Gasteiger partial charge in [-0.25, -0.2) is 0 Å². The average Bonchev–Trinajstić information content (AvgIpc) is 2.96. The van der Waals surface area contributed by atoms with Gasteiger partial charge in [-0.15, -0.1) is 0 Å². The van der Waals surface area contributed by atoms with Gasteiger partial charge in [0, 0.05) is 31.2 Å². The van der Waals surface area contributed by atoms with Crippen molar-refractivity contribution in [1.29, 1.82) is 0 Å². The Balaban J connectivity index is 1.87. The molecule has 0 saturated carbocycles. The van der Waals surface area contributed by atoms with Crippen LogP contribution in [-0.2, 0) is 13.0 Å². The second-order valence-corrected chi connectivity index (χ2v) is 4.04. The maximum atomic E-state index is 4.47. The molecule has 0 N–H and O–H groups in total. The Bertz CT molecular complexity index is 416. The van der Waals surface area contributed by atoms with Crippen molar-refractivity contribution >= 4 is 0 Å². The molecule has 0 radical (unpaired) electrons. The van der Waals surface area contributed by atoms with Crippen LogP contribution in [-0.4, -0.2) is 19.6 Å². The van der Waals surface area contributed by atoms with Gasteiger partial charge in [0.15, 0.2) is 0 Å². The number of rotatable bonds is 5. The van der Waals surface area contributed by atoms with Crippen molar-refractivity contribution in [3.05, 3.63) is 36.4 Å². The second-order valence-electron chi connectivity index (χ2n) is 4.04. The molecule has 2 aromatic heterocycles. The zero-order chi connectivity index (χ0) is 11.4. The van der Waals surface area contributed by atoms with Crippen LogP contribution in [0.15, 0.2) is 30.7 Å². The third kappa shape index (κ3) is 2.51. The minimum atomic E-state index is 0.432. The van der Waals surface area contributed by atoms with Crippen molar-refractivity contribution in [3.63, 3.8) is 0 Å². The summed E-state index contributed by atoms with van der Waals surface area (Å²) in [5.41, 5.74) is 1.17. The lowest BCUT2D eigenvalue weighted by atomic mass is 10.1. The topological polar surface area (TPSA) is 35.6 Å². The van der Waals surface area contributed by atoms with E-state index >= 15 is 0 Å². The van der Waals surface area contributed by atoms with Crippen LogP contribution in [0.3, 0.4) is 0 Å². The van der Waals surface area contributed by atoms with E-state index in [2.05, 4.69) is 30.1 Å². The van der Waals surface area contributed by atoms with Crippen molar-refractivity contribution in [2.75, 3.05) is 0 Å². The number of hydrogen-bond acceptors (Lipinski definition) is 2.